The van der Waals surface area contributed by atoms with E-state index in [4.69, 9.17) is 5.41 Å². The van der Waals surface area contributed by atoms with Gasteiger partial charge in [0.25, 0.3) is 0 Å². The molecule has 242 valence electrons. The molecular formula is C30H24F6N4O5S. The van der Waals surface area contributed by atoms with Crippen LogP contribution in [-0.4, -0.2) is 41.3 Å². The molecular weight excluding hydrogens is 642 g/mol. The number of rotatable bonds is 8. The number of aliphatic hydroxyl groups is 1. The first-order valence-electron chi connectivity index (χ1n) is 13.2. The molecule has 0 saturated heterocycles. The number of alkyl halides is 5. The maximum absolute atomic E-state index is 15.1. The summed E-state index contributed by atoms with van der Waals surface area (Å²) in [5, 5.41) is 20.7. The Morgan fingerprint density at radius 2 is 1.78 bits per heavy atom. The monoisotopic (exact) mass is 666 g/mol. The molecule has 1 aromatic heterocycles. The first-order valence-corrected chi connectivity index (χ1v) is 15.1. The van der Waals surface area contributed by atoms with Gasteiger partial charge in [-0.25, -0.2) is 17.8 Å². The summed E-state index contributed by atoms with van der Waals surface area (Å²) < 4.78 is 118. The van der Waals surface area contributed by atoms with Crippen LogP contribution in [0.25, 0.3) is 22.5 Å². The number of halogens is 6. The van der Waals surface area contributed by atoms with Crippen LogP contribution in [0.3, 0.4) is 0 Å². The van der Waals surface area contributed by atoms with E-state index < -0.39 is 50.9 Å². The Kier molecular flexibility index (Phi) is 8.15. The quantitative estimate of drug-likeness (QED) is 0.141. The summed E-state index contributed by atoms with van der Waals surface area (Å²) in [5.74, 6) is -1.61. The van der Waals surface area contributed by atoms with E-state index >= 15 is 4.39 Å². The van der Waals surface area contributed by atoms with Gasteiger partial charge < -0.3 is 29.9 Å². The lowest BCUT2D eigenvalue weighted by molar-refractivity contribution is -0.286. The number of fused-ring (bicyclic) bond motifs is 1. The van der Waals surface area contributed by atoms with E-state index in [0.717, 1.165) is 29.2 Å². The molecule has 0 amide bonds. The number of nitrogens with one attached hydrogen (secondary N) is 2. The molecule has 0 aliphatic carbocycles. The normalized spacial score (nSPS) is 14.4. The van der Waals surface area contributed by atoms with Crippen LogP contribution in [0.4, 0.5) is 32.0 Å². The van der Waals surface area contributed by atoms with Crippen LogP contribution in [0, 0.1) is 18.2 Å². The number of aromatic nitrogens is 2. The third-order valence-corrected chi connectivity index (χ3v) is 7.97. The van der Waals surface area contributed by atoms with E-state index in [9.17, 15) is 35.5 Å². The van der Waals surface area contributed by atoms with Gasteiger partial charge in [0.15, 0.2) is 27.0 Å². The molecule has 0 bridgehead atoms. The molecule has 0 radical (unpaired) electrons. The Hall–Kier alpha value is -4.83. The summed E-state index contributed by atoms with van der Waals surface area (Å²) in [5.41, 5.74) is -0.875. The van der Waals surface area contributed by atoms with Crippen LogP contribution in [-0.2, 0) is 22.6 Å². The number of hydrogen-bond acceptors (Lipinski definition) is 8. The summed E-state index contributed by atoms with van der Waals surface area (Å²) in [6, 6.07) is 10.2. The molecule has 0 fully saturated rings. The minimum atomic E-state index is -4.78. The van der Waals surface area contributed by atoms with Gasteiger partial charge in [-0.15, -0.1) is 8.78 Å². The van der Waals surface area contributed by atoms with Gasteiger partial charge in [0, 0.05) is 46.7 Å². The van der Waals surface area contributed by atoms with E-state index in [1.807, 2.05) is 0 Å². The van der Waals surface area contributed by atoms with Gasteiger partial charge in [-0.1, -0.05) is 6.07 Å². The predicted octanol–water partition coefficient (Wildman–Crippen LogP) is 6.72. The molecule has 9 nitrogen and oxygen atoms in total. The number of anilines is 1. The zero-order valence-electron chi connectivity index (χ0n) is 24.1. The average molecular weight is 667 g/mol. The van der Waals surface area contributed by atoms with Crippen LogP contribution in [0.15, 0.2) is 65.7 Å². The lowest BCUT2D eigenvalue weighted by Crippen LogP contribution is -2.25. The van der Waals surface area contributed by atoms with Crippen molar-refractivity contribution in [1.82, 2.24) is 9.55 Å². The molecule has 5 rings (SSSR count). The van der Waals surface area contributed by atoms with Gasteiger partial charge in [-0.05, 0) is 67.4 Å². The van der Waals surface area contributed by atoms with Gasteiger partial charge in [-0.2, -0.15) is 13.2 Å². The fourth-order valence-electron chi connectivity index (χ4n) is 4.84. The third-order valence-electron chi connectivity index (χ3n) is 6.81. The lowest BCUT2D eigenvalue weighted by atomic mass is 9.98. The Morgan fingerprint density at radius 3 is 2.39 bits per heavy atom. The van der Waals surface area contributed by atoms with Gasteiger partial charge in [0.2, 0.25) is 0 Å². The van der Waals surface area contributed by atoms with Crippen LogP contribution in [0.1, 0.15) is 29.6 Å². The first-order chi connectivity index (χ1) is 21.4. The van der Waals surface area contributed by atoms with Crippen molar-refractivity contribution in [2.24, 2.45) is 0 Å². The lowest BCUT2D eigenvalue weighted by Gasteiger charge is -2.19. The molecule has 46 heavy (non-hydrogen) atoms. The molecule has 1 aliphatic rings. The maximum Gasteiger partial charge on any atom is 0.586 e. The number of allylic oxidation sites excluding steroid dienone is 1. The van der Waals surface area contributed by atoms with Gasteiger partial charge in [0.1, 0.15) is 11.6 Å². The second-order valence-electron chi connectivity index (χ2n) is 10.3. The van der Waals surface area contributed by atoms with Crippen molar-refractivity contribution in [2.75, 3.05) is 11.6 Å². The predicted molar refractivity (Wildman–Crippen MR) is 155 cm³/mol. The van der Waals surface area contributed by atoms with Crippen molar-refractivity contribution in [3.05, 3.63) is 89.3 Å². The highest BCUT2D eigenvalue weighted by Crippen LogP contribution is 2.43. The Balaban J connectivity index is 1.73. The molecule has 16 heteroatoms. The Labute approximate surface area is 258 Å². The minimum absolute atomic E-state index is 0.0258. The van der Waals surface area contributed by atoms with E-state index in [2.05, 4.69) is 19.8 Å². The SMILES string of the molecule is CC(=N)/C=C(\Nc1ccc2c(c1)OC(F)(F)O2)c1cc(-c2cc(F)c(CO)c(S(C)(=O)=O)c2)ccc1-n1cc(C(F)(F)F)nc1C. The molecule has 4 aromatic rings. The van der Waals surface area contributed by atoms with E-state index in [1.54, 1.807) is 0 Å². The molecule has 0 unspecified atom stereocenters. The maximum atomic E-state index is 15.1. The number of nitrogens with zero attached hydrogens (tertiary/aromatic N) is 2. The van der Waals surface area contributed by atoms with Crippen molar-refractivity contribution in [1.29, 1.82) is 5.41 Å². The second-order valence-corrected chi connectivity index (χ2v) is 12.3. The van der Waals surface area contributed by atoms with Crippen molar-refractivity contribution in [2.45, 2.75) is 37.8 Å². The number of aryl methyl sites for hydroxylation is 1. The summed E-state index contributed by atoms with van der Waals surface area (Å²) in [4.78, 5) is 3.16. The summed E-state index contributed by atoms with van der Waals surface area (Å²) in [6.45, 7) is 1.86. The number of benzene rings is 3. The van der Waals surface area contributed by atoms with Crippen LogP contribution in [0.2, 0.25) is 0 Å². The van der Waals surface area contributed by atoms with Gasteiger partial charge >= 0.3 is 12.5 Å². The number of ether oxygens (including phenoxy) is 2. The molecule has 0 saturated carbocycles. The minimum Gasteiger partial charge on any atom is -0.395 e. The molecule has 0 spiro atoms. The first kappa shape index (κ1) is 32.6. The standard InChI is InChI=1S/C30H24F6N4O5S/c1-15(37)8-23(39-19-5-7-25-26(12-19)45-30(35,36)44-25)20-9-17(18-10-22(31)21(14-41)27(11-18)46(3,42)43)4-6-24(20)40-13-28(29(32,33)34)38-16(40)2/h4-13,37,39,41H,14H2,1-3H3/b23-8-,37-15?. The highest BCUT2D eigenvalue weighted by atomic mass is 32.2. The molecule has 0 atom stereocenters. The Morgan fingerprint density at radius 1 is 1.09 bits per heavy atom. The Bertz CT molecular complexity index is 2020. The third kappa shape index (κ3) is 6.57. The summed E-state index contributed by atoms with van der Waals surface area (Å²) in [7, 11) is -4.01. The van der Waals surface area contributed by atoms with Crippen LogP contribution in [0.5, 0.6) is 11.5 Å². The summed E-state index contributed by atoms with van der Waals surface area (Å²) >= 11 is 0. The highest BCUT2D eigenvalue weighted by molar-refractivity contribution is 7.90. The smallest absolute Gasteiger partial charge is 0.395 e. The van der Waals surface area contributed by atoms with E-state index in [1.165, 1.54) is 56.3 Å². The number of imidazole rings is 1. The average Bonchev–Trinajstić information content (AvgIpc) is 3.48. The summed E-state index contributed by atoms with van der Waals surface area (Å²) in [6.07, 6.45) is -5.74. The van der Waals surface area contributed by atoms with Gasteiger partial charge in [0.05, 0.1) is 17.2 Å². The molecule has 3 N–H and O–H groups in total. The molecule has 2 heterocycles. The van der Waals surface area contributed by atoms with E-state index in [0.29, 0.717) is 0 Å². The fraction of sp³-hybridized carbons (Fsp3) is 0.200. The molecule has 3 aromatic carbocycles. The van der Waals surface area contributed by atoms with Crippen molar-refractivity contribution in [3.8, 4) is 28.3 Å². The second kappa shape index (κ2) is 11.5. The van der Waals surface area contributed by atoms with Crippen LogP contribution < -0.4 is 14.8 Å². The largest absolute Gasteiger partial charge is 0.586 e. The number of hydrogen-bond donors (Lipinski definition) is 3. The van der Waals surface area contributed by atoms with Crippen molar-refractivity contribution < 1.29 is 49.3 Å². The van der Waals surface area contributed by atoms with Crippen LogP contribution >= 0.6 is 0 Å². The zero-order valence-corrected chi connectivity index (χ0v) is 24.9. The van der Waals surface area contributed by atoms with Crippen molar-refractivity contribution >= 4 is 26.9 Å². The molecule has 1 aliphatic heterocycles. The van der Waals surface area contributed by atoms with Gasteiger partial charge in [-0.3, -0.25) is 0 Å². The van der Waals surface area contributed by atoms with E-state index in [-0.39, 0.29) is 56.8 Å². The zero-order chi connectivity index (χ0) is 33.8. The number of aliphatic hydroxyl groups excluding tert-OH is 1. The highest BCUT2D eigenvalue weighted by Gasteiger charge is 2.43. The number of sulfone groups is 1. The van der Waals surface area contributed by atoms with Crippen molar-refractivity contribution in [3.63, 3.8) is 0 Å². The topological polar surface area (TPSA) is 127 Å². The fourth-order valence-corrected chi connectivity index (χ4v) is 5.79.